The van der Waals surface area contributed by atoms with E-state index in [0.29, 0.717) is 17.9 Å². The number of aliphatic carboxylic acids is 1. The molecule has 0 heterocycles. The number of nitrogens with two attached hydrogens (primary N) is 1. The molecule has 1 aromatic rings. The molecule has 110 valence electrons. The fraction of sp³-hybridized carbons (Fsp3) is 0.533. The molecule has 3 N–H and O–H groups in total. The van der Waals surface area contributed by atoms with Crippen molar-refractivity contribution < 1.29 is 19.0 Å². The second kappa shape index (κ2) is 5.79. The quantitative estimate of drug-likeness (QED) is 0.803. The molecule has 0 bridgehead atoms. The molecule has 1 unspecified atom stereocenters. The van der Waals surface area contributed by atoms with Gasteiger partial charge in [-0.15, -0.1) is 0 Å². The number of benzene rings is 1. The molecule has 0 aliphatic heterocycles. The van der Waals surface area contributed by atoms with Crippen molar-refractivity contribution in [2.45, 2.75) is 25.7 Å². The normalized spacial score (nSPS) is 17.6. The van der Waals surface area contributed by atoms with Gasteiger partial charge >= 0.3 is 5.97 Å². The molecular weight excluding hydrogens is 261 g/mol. The van der Waals surface area contributed by atoms with E-state index in [1.54, 1.807) is 6.07 Å². The van der Waals surface area contributed by atoms with Crippen LogP contribution in [0, 0.1) is 17.2 Å². The van der Waals surface area contributed by atoms with Gasteiger partial charge in [0.05, 0.1) is 12.5 Å². The summed E-state index contributed by atoms with van der Waals surface area (Å²) in [6.07, 6.45) is 2.93. The highest BCUT2D eigenvalue weighted by atomic mass is 19.1. The van der Waals surface area contributed by atoms with Gasteiger partial charge in [0, 0.05) is 6.54 Å². The highest BCUT2D eigenvalue weighted by Gasteiger charge is 2.42. The van der Waals surface area contributed by atoms with E-state index in [1.807, 2.05) is 0 Å². The first-order valence-corrected chi connectivity index (χ1v) is 6.76. The maximum atomic E-state index is 13.7. The Morgan fingerprint density at radius 1 is 1.55 bits per heavy atom. The van der Waals surface area contributed by atoms with Gasteiger partial charge in [0.1, 0.15) is 0 Å². The molecule has 0 amide bonds. The van der Waals surface area contributed by atoms with E-state index in [1.165, 1.54) is 19.2 Å². The predicted molar refractivity (Wildman–Crippen MR) is 73.1 cm³/mol. The molecule has 1 aliphatic rings. The number of hydrogen-bond acceptors (Lipinski definition) is 3. The van der Waals surface area contributed by atoms with Crippen molar-refractivity contribution in [2.75, 3.05) is 13.7 Å². The Kier molecular flexibility index (Phi) is 4.28. The molecule has 1 saturated carbocycles. The van der Waals surface area contributed by atoms with Crippen molar-refractivity contribution in [1.82, 2.24) is 0 Å². The van der Waals surface area contributed by atoms with E-state index in [0.717, 1.165) is 12.8 Å². The minimum absolute atomic E-state index is 0.0620. The Hall–Kier alpha value is -1.62. The smallest absolute Gasteiger partial charge is 0.311 e. The van der Waals surface area contributed by atoms with E-state index < -0.39 is 17.2 Å². The highest BCUT2D eigenvalue weighted by Crippen LogP contribution is 2.42. The van der Waals surface area contributed by atoms with Gasteiger partial charge in [-0.3, -0.25) is 4.79 Å². The van der Waals surface area contributed by atoms with Crippen molar-refractivity contribution in [3.05, 3.63) is 29.6 Å². The van der Waals surface area contributed by atoms with Crippen LogP contribution in [0.4, 0.5) is 4.39 Å². The van der Waals surface area contributed by atoms with Crippen LogP contribution in [-0.2, 0) is 11.2 Å². The summed E-state index contributed by atoms with van der Waals surface area (Å²) < 4.78 is 18.6. The maximum Gasteiger partial charge on any atom is 0.311 e. The summed E-state index contributed by atoms with van der Waals surface area (Å²) in [6.45, 7) is 0.0620. The molecule has 1 fully saturated rings. The Bertz CT molecular complexity index is 502. The molecule has 1 atom stereocenters. The minimum Gasteiger partial charge on any atom is -0.494 e. The van der Waals surface area contributed by atoms with E-state index in [-0.39, 0.29) is 18.7 Å². The molecule has 2 rings (SSSR count). The zero-order chi connectivity index (χ0) is 14.8. The van der Waals surface area contributed by atoms with E-state index in [2.05, 4.69) is 0 Å². The zero-order valence-corrected chi connectivity index (χ0v) is 11.6. The molecule has 4 nitrogen and oxygen atoms in total. The number of hydrogen-bond donors (Lipinski definition) is 2. The molecule has 5 heteroatoms. The van der Waals surface area contributed by atoms with Crippen LogP contribution in [0.25, 0.3) is 0 Å². The zero-order valence-electron chi connectivity index (χ0n) is 11.6. The Morgan fingerprint density at radius 3 is 2.70 bits per heavy atom. The first kappa shape index (κ1) is 14.8. The molecule has 0 saturated heterocycles. The minimum atomic E-state index is -0.998. The van der Waals surface area contributed by atoms with Crippen molar-refractivity contribution >= 4 is 5.97 Å². The number of carboxylic acids is 1. The lowest BCUT2D eigenvalue weighted by molar-refractivity contribution is -0.149. The van der Waals surface area contributed by atoms with Gasteiger partial charge in [-0.05, 0) is 36.5 Å². The molecule has 0 aromatic heterocycles. The van der Waals surface area contributed by atoms with E-state index >= 15 is 0 Å². The third kappa shape index (κ3) is 3.10. The lowest BCUT2D eigenvalue weighted by Gasteiger charge is -2.28. The Balaban J connectivity index is 2.22. The van der Waals surface area contributed by atoms with Gasteiger partial charge in [0.15, 0.2) is 11.6 Å². The van der Waals surface area contributed by atoms with Crippen molar-refractivity contribution in [1.29, 1.82) is 0 Å². The number of ether oxygens (including phenoxy) is 1. The summed E-state index contributed by atoms with van der Waals surface area (Å²) in [7, 11) is 1.40. The Labute approximate surface area is 117 Å². The summed E-state index contributed by atoms with van der Waals surface area (Å²) >= 11 is 0. The van der Waals surface area contributed by atoms with Gasteiger partial charge in [0.25, 0.3) is 0 Å². The molecule has 0 spiro atoms. The molecule has 0 radical (unpaired) electrons. The van der Waals surface area contributed by atoms with Crippen LogP contribution in [0.15, 0.2) is 18.2 Å². The van der Waals surface area contributed by atoms with Gasteiger partial charge in [-0.1, -0.05) is 18.9 Å². The summed E-state index contributed by atoms with van der Waals surface area (Å²) in [6, 6.07) is 4.55. The van der Waals surface area contributed by atoms with Crippen LogP contribution in [0.1, 0.15) is 24.8 Å². The highest BCUT2D eigenvalue weighted by molar-refractivity contribution is 5.75. The summed E-state index contributed by atoms with van der Waals surface area (Å²) in [5.74, 6) is -0.779. The lowest BCUT2D eigenvalue weighted by atomic mass is 9.77. The van der Waals surface area contributed by atoms with Crippen LogP contribution < -0.4 is 10.5 Å². The first-order chi connectivity index (χ1) is 9.50. The molecular formula is C15H20FNO3. The fourth-order valence-corrected chi connectivity index (χ4v) is 2.56. The van der Waals surface area contributed by atoms with Crippen molar-refractivity contribution in [3.63, 3.8) is 0 Å². The van der Waals surface area contributed by atoms with Gasteiger partial charge in [-0.2, -0.15) is 0 Å². The van der Waals surface area contributed by atoms with Crippen molar-refractivity contribution in [3.8, 4) is 5.75 Å². The van der Waals surface area contributed by atoms with Crippen LogP contribution in [-0.4, -0.2) is 24.7 Å². The average Bonchev–Trinajstić information content (AvgIpc) is 3.21. The van der Waals surface area contributed by atoms with Crippen molar-refractivity contribution in [2.24, 2.45) is 17.1 Å². The van der Waals surface area contributed by atoms with Gasteiger partial charge in [-0.25, -0.2) is 4.39 Å². The topological polar surface area (TPSA) is 72.5 Å². The van der Waals surface area contributed by atoms with Crippen LogP contribution in [0.3, 0.4) is 0 Å². The third-order valence-electron chi connectivity index (χ3n) is 3.98. The predicted octanol–water partition coefficient (Wildman–Crippen LogP) is 2.21. The fourth-order valence-electron chi connectivity index (χ4n) is 2.56. The average molecular weight is 281 g/mol. The lowest BCUT2D eigenvalue weighted by Crippen LogP contribution is -2.41. The molecule has 1 aliphatic carbocycles. The number of carbonyl (C=O) groups is 1. The molecule has 1 aromatic carbocycles. The second-order valence-electron chi connectivity index (χ2n) is 5.58. The monoisotopic (exact) mass is 281 g/mol. The third-order valence-corrected chi connectivity index (χ3v) is 3.98. The second-order valence-corrected chi connectivity index (χ2v) is 5.58. The van der Waals surface area contributed by atoms with Gasteiger partial charge < -0.3 is 15.6 Å². The number of rotatable bonds is 7. The largest absolute Gasteiger partial charge is 0.494 e. The van der Waals surface area contributed by atoms with Crippen LogP contribution >= 0.6 is 0 Å². The van der Waals surface area contributed by atoms with Crippen LogP contribution in [0.5, 0.6) is 5.75 Å². The number of methoxy groups -OCH3 is 1. The van der Waals surface area contributed by atoms with Crippen LogP contribution in [0.2, 0.25) is 0 Å². The number of halogens is 1. The summed E-state index contributed by atoms with van der Waals surface area (Å²) in [4.78, 5) is 11.6. The number of carboxylic acid groups (broad SMARTS) is 1. The summed E-state index contributed by atoms with van der Waals surface area (Å²) in [5, 5.41) is 9.53. The summed E-state index contributed by atoms with van der Waals surface area (Å²) in [5.41, 5.74) is 5.37. The van der Waals surface area contributed by atoms with E-state index in [4.69, 9.17) is 10.5 Å². The SMILES string of the molecule is COc1ccc(CC(CN)(CC2CC2)C(=O)O)cc1F. The standard InChI is InChI=1S/C15H20FNO3/c1-20-13-5-4-11(6-12(13)16)8-15(9-17,14(18)19)7-10-2-3-10/h4-6,10H,2-3,7-9,17H2,1H3,(H,18,19). The Morgan fingerprint density at radius 2 is 2.25 bits per heavy atom. The van der Waals surface area contributed by atoms with E-state index in [9.17, 15) is 14.3 Å². The first-order valence-electron chi connectivity index (χ1n) is 6.76. The van der Waals surface area contributed by atoms with Gasteiger partial charge in [0.2, 0.25) is 0 Å². The molecule has 20 heavy (non-hydrogen) atoms. The maximum absolute atomic E-state index is 13.7.